The normalized spacial score (nSPS) is 42.2. The van der Waals surface area contributed by atoms with E-state index in [4.69, 9.17) is 9.47 Å². The van der Waals surface area contributed by atoms with Gasteiger partial charge in [-0.15, -0.1) is 0 Å². The van der Waals surface area contributed by atoms with Crippen LogP contribution in [0.5, 0.6) is 0 Å². The first-order valence-corrected chi connectivity index (χ1v) is 6.70. The molecule has 0 aromatic rings. The fraction of sp³-hybridized carbons (Fsp3) is 0.923. The number of carbonyl (C=O) groups is 1. The summed E-state index contributed by atoms with van der Waals surface area (Å²) in [5.74, 6) is 0.363. The Labute approximate surface area is 107 Å². The zero-order valence-corrected chi connectivity index (χ0v) is 11.1. The van der Waals surface area contributed by atoms with Crippen molar-refractivity contribution < 1.29 is 19.4 Å². The quantitative estimate of drug-likeness (QED) is 0.710. The molecule has 0 saturated carbocycles. The van der Waals surface area contributed by atoms with Crippen molar-refractivity contribution >= 4 is 6.09 Å². The third-order valence-corrected chi connectivity index (χ3v) is 4.19. The average molecular weight is 255 g/mol. The molecule has 5 nitrogen and oxygen atoms in total. The van der Waals surface area contributed by atoms with Gasteiger partial charge >= 0.3 is 6.09 Å². The van der Waals surface area contributed by atoms with Gasteiger partial charge in [0.1, 0.15) is 11.8 Å². The molecule has 3 aliphatic rings. The first kappa shape index (κ1) is 12.2. The van der Waals surface area contributed by atoms with Crippen molar-refractivity contribution in [3.8, 4) is 0 Å². The third kappa shape index (κ3) is 1.80. The van der Waals surface area contributed by atoms with Crippen LogP contribution in [-0.4, -0.2) is 46.7 Å². The highest BCUT2D eigenvalue weighted by Gasteiger charge is 2.58. The maximum atomic E-state index is 12.0. The second-order valence-corrected chi connectivity index (χ2v) is 6.58. The number of aliphatic hydroxyl groups excluding tert-OH is 1. The molecule has 0 aromatic heterocycles. The van der Waals surface area contributed by atoms with E-state index in [9.17, 15) is 9.90 Å². The number of amides is 1. The van der Waals surface area contributed by atoms with Crippen LogP contribution in [0.4, 0.5) is 4.79 Å². The molecule has 0 spiro atoms. The van der Waals surface area contributed by atoms with Crippen LogP contribution in [0.25, 0.3) is 0 Å². The summed E-state index contributed by atoms with van der Waals surface area (Å²) >= 11 is 0. The van der Waals surface area contributed by atoms with Crippen LogP contribution in [-0.2, 0) is 9.47 Å². The van der Waals surface area contributed by atoms with Gasteiger partial charge in [-0.3, -0.25) is 4.90 Å². The molecule has 3 aliphatic heterocycles. The number of carbonyl (C=O) groups excluding carboxylic acids is 1. The van der Waals surface area contributed by atoms with E-state index in [1.54, 1.807) is 0 Å². The predicted molar refractivity (Wildman–Crippen MR) is 63.8 cm³/mol. The predicted octanol–water partition coefficient (Wildman–Crippen LogP) is 1.35. The van der Waals surface area contributed by atoms with E-state index < -0.39 is 17.9 Å². The highest BCUT2D eigenvalue weighted by atomic mass is 16.6. The average Bonchev–Trinajstić information content (AvgIpc) is 2.87. The summed E-state index contributed by atoms with van der Waals surface area (Å²) in [6.07, 6.45) is 1.25. The maximum absolute atomic E-state index is 12.0. The molecule has 1 amide bonds. The lowest BCUT2D eigenvalue weighted by molar-refractivity contribution is -0.0448. The van der Waals surface area contributed by atoms with Gasteiger partial charge in [-0.2, -0.15) is 0 Å². The smallest absolute Gasteiger partial charge is 0.412 e. The van der Waals surface area contributed by atoms with Crippen LogP contribution >= 0.6 is 0 Å². The molecule has 5 unspecified atom stereocenters. The van der Waals surface area contributed by atoms with Crippen molar-refractivity contribution in [1.82, 2.24) is 4.90 Å². The number of likely N-dealkylation sites (tertiary alicyclic amines) is 1. The van der Waals surface area contributed by atoms with Crippen molar-refractivity contribution in [1.29, 1.82) is 0 Å². The Bertz CT molecular complexity index is 364. The van der Waals surface area contributed by atoms with Gasteiger partial charge in [-0.05, 0) is 33.6 Å². The van der Waals surface area contributed by atoms with Crippen molar-refractivity contribution in [2.75, 3.05) is 6.54 Å². The van der Waals surface area contributed by atoms with Gasteiger partial charge < -0.3 is 14.6 Å². The Morgan fingerprint density at radius 3 is 2.61 bits per heavy atom. The van der Waals surface area contributed by atoms with E-state index >= 15 is 0 Å². The molecule has 5 atom stereocenters. The summed E-state index contributed by atoms with van der Waals surface area (Å²) in [6, 6.07) is 0. The molecular formula is C13H21NO4. The standard InChI is InChI=1S/C13H21NO4/c1-13(2,3)18-12(16)14-6-7-8-4-5-9(17-8)10(7)11(14)15/h7-11,15H,4-6H2,1-3H3. The van der Waals surface area contributed by atoms with E-state index in [1.165, 1.54) is 4.90 Å². The number of fused-ring (bicyclic) bond motifs is 5. The Morgan fingerprint density at radius 2 is 2.00 bits per heavy atom. The lowest BCUT2D eigenvalue weighted by Gasteiger charge is -2.28. The minimum absolute atomic E-state index is 0.0799. The fourth-order valence-electron chi connectivity index (χ4n) is 3.51. The van der Waals surface area contributed by atoms with Gasteiger partial charge in [0.05, 0.1) is 12.2 Å². The van der Waals surface area contributed by atoms with E-state index in [2.05, 4.69) is 0 Å². The van der Waals surface area contributed by atoms with E-state index in [1.807, 2.05) is 20.8 Å². The molecule has 3 saturated heterocycles. The molecule has 0 aliphatic carbocycles. The topological polar surface area (TPSA) is 59.0 Å². The summed E-state index contributed by atoms with van der Waals surface area (Å²) in [5.41, 5.74) is -0.524. The molecule has 0 aromatic carbocycles. The summed E-state index contributed by atoms with van der Waals surface area (Å²) < 4.78 is 11.1. The molecule has 5 heteroatoms. The number of hydrogen-bond donors (Lipinski definition) is 1. The van der Waals surface area contributed by atoms with E-state index in [0.29, 0.717) is 6.54 Å². The highest BCUT2D eigenvalue weighted by Crippen LogP contribution is 2.49. The first-order valence-electron chi connectivity index (χ1n) is 6.70. The summed E-state index contributed by atoms with van der Waals surface area (Å²) in [6.45, 7) is 6.06. The lowest BCUT2D eigenvalue weighted by Crippen LogP contribution is -2.43. The monoisotopic (exact) mass is 255 g/mol. The van der Waals surface area contributed by atoms with Gasteiger partial charge in [0.15, 0.2) is 0 Å². The minimum Gasteiger partial charge on any atom is -0.444 e. The van der Waals surface area contributed by atoms with Crippen LogP contribution in [0, 0.1) is 11.8 Å². The van der Waals surface area contributed by atoms with Crippen molar-refractivity contribution in [2.24, 2.45) is 11.8 Å². The van der Waals surface area contributed by atoms with Crippen molar-refractivity contribution in [3.63, 3.8) is 0 Å². The Morgan fingerprint density at radius 1 is 1.33 bits per heavy atom. The molecule has 102 valence electrons. The van der Waals surface area contributed by atoms with Crippen LogP contribution in [0.15, 0.2) is 0 Å². The summed E-state index contributed by atoms with van der Waals surface area (Å²) in [7, 11) is 0. The SMILES string of the molecule is CC(C)(C)OC(=O)N1CC2C3CCC(O3)C2C1O. The number of aliphatic hydroxyl groups is 1. The molecular weight excluding hydrogens is 234 g/mol. The molecule has 18 heavy (non-hydrogen) atoms. The molecule has 3 heterocycles. The highest BCUT2D eigenvalue weighted by molar-refractivity contribution is 5.69. The number of rotatable bonds is 0. The van der Waals surface area contributed by atoms with Crippen LogP contribution in [0.2, 0.25) is 0 Å². The number of hydrogen-bond acceptors (Lipinski definition) is 4. The Hall–Kier alpha value is -0.810. The molecule has 3 rings (SSSR count). The summed E-state index contributed by atoms with van der Waals surface area (Å²) in [5, 5.41) is 10.3. The molecule has 0 radical (unpaired) electrons. The van der Waals surface area contributed by atoms with Crippen LogP contribution < -0.4 is 0 Å². The Kier molecular flexibility index (Phi) is 2.61. The van der Waals surface area contributed by atoms with Gasteiger partial charge in [0, 0.05) is 18.4 Å². The van der Waals surface area contributed by atoms with Gasteiger partial charge in [0.25, 0.3) is 0 Å². The van der Waals surface area contributed by atoms with Gasteiger partial charge in [-0.25, -0.2) is 4.79 Å². The largest absolute Gasteiger partial charge is 0.444 e. The maximum Gasteiger partial charge on any atom is 0.412 e. The van der Waals surface area contributed by atoms with Gasteiger partial charge in [0.2, 0.25) is 0 Å². The van der Waals surface area contributed by atoms with Crippen LogP contribution in [0.1, 0.15) is 33.6 Å². The molecule has 2 bridgehead atoms. The zero-order chi connectivity index (χ0) is 13.1. The van der Waals surface area contributed by atoms with E-state index in [0.717, 1.165) is 12.8 Å². The molecule has 3 fully saturated rings. The van der Waals surface area contributed by atoms with E-state index in [-0.39, 0.29) is 24.0 Å². The summed E-state index contributed by atoms with van der Waals surface area (Å²) in [4.78, 5) is 13.5. The zero-order valence-electron chi connectivity index (χ0n) is 11.1. The van der Waals surface area contributed by atoms with Crippen LogP contribution in [0.3, 0.4) is 0 Å². The number of ether oxygens (including phenoxy) is 2. The van der Waals surface area contributed by atoms with Crippen molar-refractivity contribution in [2.45, 2.75) is 57.6 Å². The molecule has 1 N–H and O–H groups in total. The van der Waals surface area contributed by atoms with Crippen molar-refractivity contribution in [3.05, 3.63) is 0 Å². The first-order chi connectivity index (χ1) is 8.37. The second kappa shape index (κ2) is 3.84. The second-order valence-electron chi connectivity index (χ2n) is 6.58. The minimum atomic E-state index is -0.750. The number of nitrogens with zero attached hydrogens (tertiary/aromatic N) is 1. The van der Waals surface area contributed by atoms with Gasteiger partial charge in [-0.1, -0.05) is 0 Å². The third-order valence-electron chi connectivity index (χ3n) is 4.19. The lowest BCUT2D eigenvalue weighted by atomic mass is 9.81. The fourth-order valence-corrected chi connectivity index (χ4v) is 3.51. The Balaban J connectivity index is 1.71.